The molecule has 1 fully saturated rings. The summed E-state index contributed by atoms with van der Waals surface area (Å²) in [7, 11) is 1.63. The quantitative estimate of drug-likeness (QED) is 0.845. The van der Waals surface area contributed by atoms with Gasteiger partial charge in [0.25, 0.3) is 0 Å². The van der Waals surface area contributed by atoms with Gasteiger partial charge in [0.1, 0.15) is 5.75 Å². The summed E-state index contributed by atoms with van der Waals surface area (Å²) in [4.78, 5) is 0. The van der Waals surface area contributed by atoms with Crippen LogP contribution in [0, 0.1) is 0 Å². The molecule has 0 radical (unpaired) electrons. The van der Waals surface area contributed by atoms with E-state index in [0.717, 1.165) is 24.3 Å². The van der Waals surface area contributed by atoms with Crippen molar-refractivity contribution >= 4 is 11.6 Å². The maximum atomic E-state index is 10.3. The number of ether oxygens (including phenoxy) is 1. The molecule has 0 amide bonds. The first-order valence-corrected chi connectivity index (χ1v) is 5.76. The minimum atomic E-state index is -0.669. The number of nitrogens with one attached hydrogen (secondary N) is 1. The minimum Gasteiger partial charge on any atom is -0.496 e. The van der Waals surface area contributed by atoms with Gasteiger partial charge in [-0.15, -0.1) is 0 Å². The highest BCUT2D eigenvalue weighted by Gasteiger charge is 2.32. The SMILES string of the molecule is COc1ccc(Cl)cc1CC1(O)CCNC1. The summed E-state index contributed by atoms with van der Waals surface area (Å²) < 4.78 is 5.27. The van der Waals surface area contributed by atoms with E-state index in [-0.39, 0.29) is 0 Å². The first-order valence-electron chi connectivity index (χ1n) is 5.38. The van der Waals surface area contributed by atoms with Gasteiger partial charge in [-0.05, 0) is 36.7 Å². The Morgan fingerprint density at radius 3 is 3.00 bits per heavy atom. The van der Waals surface area contributed by atoms with Crippen LogP contribution in [0.3, 0.4) is 0 Å². The monoisotopic (exact) mass is 241 g/mol. The summed E-state index contributed by atoms with van der Waals surface area (Å²) in [5.74, 6) is 0.782. The van der Waals surface area contributed by atoms with E-state index in [1.807, 2.05) is 12.1 Å². The van der Waals surface area contributed by atoms with E-state index in [1.165, 1.54) is 0 Å². The average molecular weight is 242 g/mol. The molecule has 1 saturated heterocycles. The third kappa shape index (κ3) is 2.48. The summed E-state index contributed by atoms with van der Waals surface area (Å²) in [6.07, 6.45) is 1.34. The van der Waals surface area contributed by atoms with E-state index < -0.39 is 5.60 Å². The summed E-state index contributed by atoms with van der Waals surface area (Å²) in [6, 6.07) is 5.49. The van der Waals surface area contributed by atoms with Crippen LogP contribution in [0.25, 0.3) is 0 Å². The van der Waals surface area contributed by atoms with Crippen LogP contribution in [0.4, 0.5) is 0 Å². The molecule has 2 rings (SSSR count). The molecule has 4 heteroatoms. The molecule has 1 heterocycles. The Morgan fingerprint density at radius 2 is 2.38 bits per heavy atom. The van der Waals surface area contributed by atoms with E-state index in [9.17, 15) is 5.11 Å². The number of methoxy groups -OCH3 is 1. The normalized spacial score (nSPS) is 24.7. The Labute approximate surface area is 100 Å². The Morgan fingerprint density at radius 1 is 1.56 bits per heavy atom. The van der Waals surface area contributed by atoms with Crippen molar-refractivity contribution in [3.05, 3.63) is 28.8 Å². The van der Waals surface area contributed by atoms with Crippen LogP contribution in [0.5, 0.6) is 5.75 Å². The fraction of sp³-hybridized carbons (Fsp3) is 0.500. The van der Waals surface area contributed by atoms with Crippen LogP contribution in [-0.2, 0) is 6.42 Å². The lowest BCUT2D eigenvalue weighted by Crippen LogP contribution is -2.33. The van der Waals surface area contributed by atoms with Gasteiger partial charge in [0.15, 0.2) is 0 Å². The highest BCUT2D eigenvalue weighted by molar-refractivity contribution is 6.30. The molecule has 0 saturated carbocycles. The second-order valence-corrected chi connectivity index (χ2v) is 4.72. The molecule has 1 unspecified atom stereocenters. The topological polar surface area (TPSA) is 41.5 Å². The number of benzene rings is 1. The molecule has 1 aliphatic rings. The lowest BCUT2D eigenvalue weighted by Gasteiger charge is -2.22. The third-order valence-corrected chi connectivity index (χ3v) is 3.22. The van der Waals surface area contributed by atoms with Gasteiger partial charge in [-0.3, -0.25) is 0 Å². The first kappa shape index (κ1) is 11.7. The molecule has 3 nitrogen and oxygen atoms in total. The maximum Gasteiger partial charge on any atom is 0.122 e. The fourth-order valence-electron chi connectivity index (χ4n) is 2.12. The number of rotatable bonds is 3. The molecule has 0 bridgehead atoms. The van der Waals surface area contributed by atoms with E-state index in [1.54, 1.807) is 13.2 Å². The van der Waals surface area contributed by atoms with Gasteiger partial charge >= 0.3 is 0 Å². The standard InChI is InChI=1S/C12H16ClNO2/c1-16-11-3-2-10(13)6-9(11)7-12(15)4-5-14-8-12/h2-3,6,14-15H,4-5,7-8H2,1H3. The van der Waals surface area contributed by atoms with Crippen molar-refractivity contribution in [1.29, 1.82) is 0 Å². The van der Waals surface area contributed by atoms with Crippen molar-refractivity contribution in [2.24, 2.45) is 0 Å². The number of β-amino-alcohol motifs (C(OH)–C–C–N with tert-alkyl or cyclic N) is 1. The highest BCUT2D eigenvalue weighted by atomic mass is 35.5. The summed E-state index contributed by atoms with van der Waals surface area (Å²) >= 11 is 5.95. The van der Waals surface area contributed by atoms with Crippen molar-refractivity contribution < 1.29 is 9.84 Å². The molecule has 88 valence electrons. The molecule has 1 aromatic carbocycles. The van der Waals surface area contributed by atoms with E-state index in [0.29, 0.717) is 18.0 Å². The predicted octanol–water partition coefficient (Wildman–Crippen LogP) is 1.62. The van der Waals surface area contributed by atoms with E-state index >= 15 is 0 Å². The van der Waals surface area contributed by atoms with Gasteiger partial charge in [-0.2, -0.15) is 0 Å². The molecule has 16 heavy (non-hydrogen) atoms. The highest BCUT2D eigenvalue weighted by Crippen LogP contribution is 2.28. The van der Waals surface area contributed by atoms with Crippen LogP contribution < -0.4 is 10.1 Å². The molecule has 0 aliphatic carbocycles. The zero-order valence-electron chi connectivity index (χ0n) is 9.29. The lowest BCUT2D eigenvalue weighted by atomic mass is 9.93. The van der Waals surface area contributed by atoms with E-state index in [2.05, 4.69) is 5.32 Å². The van der Waals surface area contributed by atoms with Crippen LogP contribution in [-0.4, -0.2) is 30.9 Å². The molecule has 0 spiro atoms. The lowest BCUT2D eigenvalue weighted by molar-refractivity contribution is 0.0612. The van der Waals surface area contributed by atoms with Crippen LogP contribution in [0.2, 0.25) is 5.02 Å². The van der Waals surface area contributed by atoms with Gasteiger partial charge in [0.2, 0.25) is 0 Å². The van der Waals surface area contributed by atoms with Crippen molar-refractivity contribution in [1.82, 2.24) is 5.32 Å². The number of hydrogen-bond donors (Lipinski definition) is 2. The molecular formula is C12H16ClNO2. The molecule has 2 N–H and O–H groups in total. The third-order valence-electron chi connectivity index (χ3n) is 2.98. The van der Waals surface area contributed by atoms with Crippen molar-refractivity contribution in [2.75, 3.05) is 20.2 Å². The van der Waals surface area contributed by atoms with Crippen molar-refractivity contribution in [3.8, 4) is 5.75 Å². The summed E-state index contributed by atoms with van der Waals surface area (Å²) in [6.45, 7) is 1.49. The zero-order valence-corrected chi connectivity index (χ0v) is 10.0. The van der Waals surface area contributed by atoms with Gasteiger partial charge in [-0.25, -0.2) is 0 Å². The van der Waals surface area contributed by atoms with Crippen LogP contribution in [0.1, 0.15) is 12.0 Å². The Hall–Kier alpha value is -0.770. The average Bonchev–Trinajstić information content (AvgIpc) is 2.65. The number of hydrogen-bond acceptors (Lipinski definition) is 3. The van der Waals surface area contributed by atoms with E-state index in [4.69, 9.17) is 16.3 Å². The fourth-order valence-corrected chi connectivity index (χ4v) is 2.32. The Bertz CT molecular complexity index is 375. The Kier molecular flexibility index (Phi) is 3.38. The van der Waals surface area contributed by atoms with Gasteiger partial charge in [0.05, 0.1) is 12.7 Å². The molecule has 1 aliphatic heterocycles. The van der Waals surface area contributed by atoms with Crippen LogP contribution >= 0.6 is 11.6 Å². The summed E-state index contributed by atoms with van der Waals surface area (Å²) in [5, 5.41) is 14.1. The van der Waals surface area contributed by atoms with Gasteiger partial charge < -0.3 is 15.2 Å². The molecule has 0 aromatic heterocycles. The Balaban J connectivity index is 2.22. The minimum absolute atomic E-state index is 0.573. The molecule has 1 atom stereocenters. The summed E-state index contributed by atoms with van der Waals surface area (Å²) in [5.41, 5.74) is 0.291. The molecule has 1 aromatic rings. The molecular weight excluding hydrogens is 226 g/mol. The number of aliphatic hydroxyl groups is 1. The smallest absolute Gasteiger partial charge is 0.122 e. The second kappa shape index (κ2) is 4.62. The predicted molar refractivity (Wildman–Crippen MR) is 64.1 cm³/mol. The van der Waals surface area contributed by atoms with Gasteiger partial charge in [0, 0.05) is 18.0 Å². The first-order chi connectivity index (χ1) is 7.63. The number of halogens is 1. The van der Waals surface area contributed by atoms with Crippen molar-refractivity contribution in [2.45, 2.75) is 18.4 Å². The van der Waals surface area contributed by atoms with Crippen molar-refractivity contribution in [3.63, 3.8) is 0 Å². The second-order valence-electron chi connectivity index (χ2n) is 4.28. The zero-order chi connectivity index (χ0) is 11.6. The maximum absolute atomic E-state index is 10.3. The van der Waals surface area contributed by atoms with Crippen LogP contribution in [0.15, 0.2) is 18.2 Å². The largest absolute Gasteiger partial charge is 0.496 e. The van der Waals surface area contributed by atoms with Gasteiger partial charge in [-0.1, -0.05) is 11.6 Å².